The van der Waals surface area contributed by atoms with Gasteiger partial charge in [0.25, 0.3) is 5.91 Å². The lowest BCUT2D eigenvalue weighted by Crippen LogP contribution is -1.93. The fourth-order valence-corrected chi connectivity index (χ4v) is 0.313. The Hall–Kier alpha value is -0.920. The average molecular weight is 199 g/mol. The van der Waals surface area contributed by atoms with E-state index in [1.54, 1.807) is 0 Å². The first kappa shape index (κ1) is 18.8. The summed E-state index contributed by atoms with van der Waals surface area (Å²) in [6.07, 6.45) is 3.28. The molecule has 0 heterocycles. The zero-order chi connectivity index (χ0) is 12.0. The minimum Gasteiger partial charge on any atom is -0.268 e. The summed E-state index contributed by atoms with van der Waals surface area (Å²) in [5.41, 5.74) is 0.847. The summed E-state index contributed by atoms with van der Waals surface area (Å²) < 4.78 is 0. The molecule has 0 atom stereocenters. The molecule has 0 aromatic carbocycles. The Bertz CT molecular complexity index is 160. The van der Waals surface area contributed by atoms with E-state index in [0.717, 1.165) is 12.1 Å². The number of hydrogen-bond acceptors (Lipinski definition) is 1. The molecule has 0 spiro atoms. The lowest BCUT2D eigenvalue weighted by molar-refractivity contribution is -0.113. The molecule has 0 bridgehead atoms. The Morgan fingerprint density at radius 3 is 1.86 bits per heavy atom. The van der Waals surface area contributed by atoms with Crippen molar-refractivity contribution in [1.29, 1.82) is 0 Å². The fraction of sp³-hybridized carbons (Fsp3) is 0.667. The van der Waals surface area contributed by atoms with Gasteiger partial charge in [0.2, 0.25) is 0 Å². The highest BCUT2D eigenvalue weighted by molar-refractivity contribution is 5.99. The molecule has 0 aliphatic carbocycles. The third kappa shape index (κ3) is 22.5. The summed E-state index contributed by atoms with van der Waals surface area (Å²) in [6.45, 7) is 15.3. The van der Waals surface area contributed by atoms with E-state index in [9.17, 15) is 4.79 Å². The van der Waals surface area contributed by atoms with Crippen molar-refractivity contribution in [3.05, 3.63) is 12.7 Å². The lowest BCUT2D eigenvalue weighted by Gasteiger charge is -1.88. The summed E-state index contributed by atoms with van der Waals surface area (Å²) in [5, 5.41) is 0. The number of rotatable bonds is 2. The predicted molar refractivity (Wildman–Crippen MR) is 65.9 cm³/mol. The van der Waals surface area contributed by atoms with Crippen LogP contribution in [0.15, 0.2) is 17.6 Å². The van der Waals surface area contributed by atoms with Gasteiger partial charge in [0.05, 0.1) is 0 Å². The molecule has 2 nitrogen and oxygen atoms in total. The van der Waals surface area contributed by atoms with Crippen LogP contribution in [0, 0.1) is 0 Å². The SMILES string of the molecule is C=CC(=O)N=C(C)CC.CC.CCC. The molecule has 0 fully saturated rings. The van der Waals surface area contributed by atoms with Gasteiger partial charge in [-0.15, -0.1) is 0 Å². The van der Waals surface area contributed by atoms with Crippen LogP contribution in [-0.2, 0) is 4.79 Å². The Morgan fingerprint density at radius 2 is 1.64 bits per heavy atom. The van der Waals surface area contributed by atoms with Crippen molar-refractivity contribution in [2.24, 2.45) is 4.99 Å². The molecule has 0 aromatic rings. The highest BCUT2D eigenvalue weighted by Crippen LogP contribution is 1.85. The minimum absolute atomic E-state index is 0.255. The van der Waals surface area contributed by atoms with E-state index < -0.39 is 0 Å². The standard InChI is InChI=1S/C7H11NO.C3H8.C2H6/c1-4-6(3)8-7(9)5-2;1-3-2;1-2/h5H,2,4H2,1,3H3;3H2,1-2H3;1-2H3. The van der Waals surface area contributed by atoms with Crippen LogP contribution < -0.4 is 0 Å². The molecule has 0 aromatic heterocycles. The minimum atomic E-state index is -0.255. The first-order chi connectivity index (χ1) is 6.62. The van der Waals surface area contributed by atoms with Gasteiger partial charge in [0.1, 0.15) is 0 Å². The highest BCUT2D eigenvalue weighted by atomic mass is 16.1. The third-order valence-electron chi connectivity index (χ3n) is 0.987. The van der Waals surface area contributed by atoms with Gasteiger partial charge in [-0.2, -0.15) is 0 Å². The Kier molecular flexibility index (Phi) is 24.1. The maximum Gasteiger partial charge on any atom is 0.269 e. The fourth-order valence-electron chi connectivity index (χ4n) is 0.313. The first-order valence-corrected chi connectivity index (χ1v) is 5.32. The molecule has 14 heavy (non-hydrogen) atoms. The largest absolute Gasteiger partial charge is 0.269 e. The van der Waals surface area contributed by atoms with Crippen LogP contribution in [0.25, 0.3) is 0 Å². The van der Waals surface area contributed by atoms with Gasteiger partial charge in [-0.1, -0.05) is 47.6 Å². The number of amides is 1. The van der Waals surface area contributed by atoms with Gasteiger partial charge in [-0.25, -0.2) is 4.99 Å². The summed E-state index contributed by atoms with van der Waals surface area (Å²) in [5.74, 6) is -0.255. The second kappa shape index (κ2) is 18.0. The van der Waals surface area contributed by atoms with E-state index in [1.165, 1.54) is 12.5 Å². The van der Waals surface area contributed by atoms with Crippen molar-refractivity contribution in [3.8, 4) is 0 Å². The Morgan fingerprint density at radius 1 is 1.29 bits per heavy atom. The topological polar surface area (TPSA) is 29.4 Å². The number of aliphatic imine (C=N–C) groups is 1. The van der Waals surface area contributed by atoms with Crippen LogP contribution in [0.3, 0.4) is 0 Å². The van der Waals surface area contributed by atoms with Gasteiger partial charge >= 0.3 is 0 Å². The molecular formula is C12H25NO. The summed E-state index contributed by atoms with van der Waals surface area (Å²) >= 11 is 0. The zero-order valence-electron chi connectivity index (χ0n) is 10.6. The number of carbonyl (C=O) groups excluding carboxylic acids is 1. The van der Waals surface area contributed by atoms with Crippen molar-refractivity contribution in [2.45, 2.75) is 54.4 Å². The maximum atomic E-state index is 10.5. The second-order valence-corrected chi connectivity index (χ2v) is 2.45. The van der Waals surface area contributed by atoms with E-state index in [1.807, 2.05) is 27.7 Å². The normalized spacial score (nSPS) is 8.86. The van der Waals surface area contributed by atoms with Crippen molar-refractivity contribution >= 4 is 11.6 Å². The van der Waals surface area contributed by atoms with E-state index in [2.05, 4.69) is 25.4 Å². The molecule has 84 valence electrons. The second-order valence-electron chi connectivity index (χ2n) is 2.45. The van der Waals surface area contributed by atoms with Crippen molar-refractivity contribution in [2.75, 3.05) is 0 Å². The van der Waals surface area contributed by atoms with Crippen molar-refractivity contribution in [3.63, 3.8) is 0 Å². The average Bonchev–Trinajstić information content (AvgIpc) is 2.21. The van der Waals surface area contributed by atoms with Crippen LogP contribution >= 0.6 is 0 Å². The molecule has 0 N–H and O–H groups in total. The van der Waals surface area contributed by atoms with Crippen LogP contribution in [0.1, 0.15) is 54.4 Å². The maximum absolute atomic E-state index is 10.5. The molecule has 2 heteroatoms. The van der Waals surface area contributed by atoms with Crippen molar-refractivity contribution in [1.82, 2.24) is 0 Å². The van der Waals surface area contributed by atoms with Gasteiger partial charge < -0.3 is 0 Å². The predicted octanol–water partition coefficient (Wildman–Crippen LogP) is 4.01. The number of carbonyl (C=O) groups is 1. The van der Waals surface area contributed by atoms with Crippen LogP contribution in [0.4, 0.5) is 0 Å². The monoisotopic (exact) mass is 199 g/mol. The molecule has 0 aliphatic heterocycles. The first-order valence-electron chi connectivity index (χ1n) is 5.32. The van der Waals surface area contributed by atoms with Gasteiger partial charge in [0, 0.05) is 5.71 Å². The Labute approximate surface area is 89.1 Å². The summed E-state index contributed by atoms with van der Waals surface area (Å²) in [7, 11) is 0. The molecule has 0 radical (unpaired) electrons. The molecule has 0 rings (SSSR count). The summed E-state index contributed by atoms with van der Waals surface area (Å²) in [4.78, 5) is 14.1. The summed E-state index contributed by atoms with van der Waals surface area (Å²) in [6, 6.07) is 0. The Balaban J connectivity index is -0.000000205. The van der Waals surface area contributed by atoms with Crippen molar-refractivity contribution < 1.29 is 4.79 Å². The quantitative estimate of drug-likeness (QED) is 0.488. The molecule has 0 unspecified atom stereocenters. The molecule has 1 amide bonds. The zero-order valence-corrected chi connectivity index (χ0v) is 10.6. The van der Waals surface area contributed by atoms with E-state index in [-0.39, 0.29) is 5.91 Å². The van der Waals surface area contributed by atoms with E-state index in [0.29, 0.717) is 0 Å². The van der Waals surface area contributed by atoms with E-state index >= 15 is 0 Å². The van der Waals surface area contributed by atoms with E-state index in [4.69, 9.17) is 0 Å². The smallest absolute Gasteiger partial charge is 0.268 e. The van der Waals surface area contributed by atoms with Gasteiger partial charge in [-0.3, -0.25) is 4.79 Å². The van der Waals surface area contributed by atoms with Gasteiger partial charge in [-0.05, 0) is 19.4 Å². The lowest BCUT2D eigenvalue weighted by atomic mass is 10.3. The van der Waals surface area contributed by atoms with Crippen LogP contribution in [0.2, 0.25) is 0 Å². The molecule has 0 saturated carbocycles. The third-order valence-corrected chi connectivity index (χ3v) is 0.987. The van der Waals surface area contributed by atoms with Crippen LogP contribution in [-0.4, -0.2) is 11.6 Å². The number of hydrogen-bond donors (Lipinski definition) is 0. The molecular weight excluding hydrogens is 174 g/mol. The van der Waals surface area contributed by atoms with Gasteiger partial charge in [0.15, 0.2) is 0 Å². The highest BCUT2D eigenvalue weighted by Gasteiger charge is 1.89. The molecule has 0 aliphatic rings. The van der Waals surface area contributed by atoms with Crippen LogP contribution in [0.5, 0.6) is 0 Å². The molecule has 0 saturated heterocycles. The number of nitrogens with zero attached hydrogens (tertiary/aromatic N) is 1.